The molecule has 226 valence electrons. The maximum Gasteiger partial charge on any atom is 0.373 e. The second kappa shape index (κ2) is 13.4. The third-order valence-electron chi connectivity index (χ3n) is 6.08. The second-order valence-electron chi connectivity index (χ2n) is 9.05. The van der Waals surface area contributed by atoms with Gasteiger partial charge < -0.3 is 31.7 Å². The van der Waals surface area contributed by atoms with E-state index in [9.17, 15) is 29.7 Å². The van der Waals surface area contributed by atoms with Crippen LogP contribution in [-0.4, -0.2) is 64.1 Å². The van der Waals surface area contributed by atoms with E-state index in [4.69, 9.17) is 15.3 Å². The fourth-order valence-corrected chi connectivity index (χ4v) is 4.04. The average Bonchev–Trinajstić information content (AvgIpc) is 3.31. The number of aromatic nitrogens is 5. The lowest BCUT2D eigenvalue weighted by atomic mass is 10.1. The van der Waals surface area contributed by atoms with Crippen LogP contribution >= 0.6 is 0 Å². The van der Waals surface area contributed by atoms with Crippen molar-refractivity contribution < 1.29 is 39.3 Å². The molecule has 2 heterocycles. The van der Waals surface area contributed by atoms with E-state index < -0.39 is 17.9 Å². The van der Waals surface area contributed by atoms with Crippen molar-refractivity contribution in [3.63, 3.8) is 0 Å². The molecule has 0 atom stereocenters. The smallest absolute Gasteiger partial charge is 0.373 e. The zero-order valence-corrected chi connectivity index (χ0v) is 23.1. The first-order chi connectivity index (χ1) is 21.5. The number of carbonyl (C=O) groups excluding carboxylic acids is 2. The molecule has 45 heavy (non-hydrogen) atoms. The van der Waals surface area contributed by atoms with Gasteiger partial charge in [0, 0.05) is 22.5 Å². The van der Waals surface area contributed by atoms with E-state index in [2.05, 4.69) is 30.7 Å². The van der Waals surface area contributed by atoms with Gasteiger partial charge in [-0.3, -0.25) is 0 Å². The summed E-state index contributed by atoms with van der Waals surface area (Å²) in [5.41, 5.74) is 8.39. The summed E-state index contributed by atoms with van der Waals surface area (Å²) in [6.07, 6.45) is 0.250. The van der Waals surface area contributed by atoms with Gasteiger partial charge in [0.15, 0.2) is 0 Å². The summed E-state index contributed by atoms with van der Waals surface area (Å²) in [7, 11) is 0. The van der Waals surface area contributed by atoms with E-state index in [1.165, 1.54) is 28.9 Å². The van der Waals surface area contributed by atoms with Crippen molar-refractivity contribution in [1.29, 1.82) is 0 Å². The number of rotatable bonds is 9. The van der Waals surface area contributed by atoms with Gasteiger partial charge in [0.05, 0.1) is 22.4 Å². The van der Waals surface area contributed by atoms with Crippen LogP contribution in [0.4, 0.5) is 29.1 Å². The number of hydrogen-bond donors (Lipinski definition) is 6. The van der Waals surface area contributed by atoms with Crippen LogP contribution < -0.4 is 16.4 Å². The molecule has 2 aromatic heterocycles. The molecule has 0 amide bonds. The Morgan fingerprint density at radius 2 is 1.27 bits per heavy atom. The number of aromatic carboxylic acids is 3. The van der Waals surface area contributed by atoms with Gasteiger partial charge in [-0.15, -0.1) is 0 Å². The molecule has 16 heteroatoms. The third-order valence-corrected chi connectivity index (χ3v) is 6.08. The van der Waals surface area contributed by atoms with E-state index in [0.29, 0.717) is 16.9 Å². The molecule has 0 bridgehead atoms. The molecule has 0 aliphatic heterocycles. The average molecular weight is 611 g/mol. The first-order valence-electron chi connectivity index (χ1n) is 12.7. The number of nitrogen functional groups attached to an aromatic ring is 1. The summed E-state index contributed by atoms with van der Waals surface area (Å²) in [4.78, 5) is 64.1. The third kappa shape index (κ3) is 7.29. The van der Waals surface area contributed by atoms with Crippen molar-refractivity contribution in [1.82, 2.24) is 24.7 Å². The Balaban J connectivity index is 0.00000148. The highest BCUT2D eigenvalue weighted by atomic mass is 16.4. The van der Waals surface area contributed by atoms with E-state index in [1.54, 1.807) is 19.1 Å². The Hall–Kier alpha value is -6.93. The predicted molar refractivity (Wildman–Crippen MR) is 157 cm³/mol. The minimum Gasteiger partial charge on any atom is -0.478 e. The molecule has 0 unspecified atom stereocenters. The van der Waals surface area contributed by atoms with Crippen LogP contribution in [0, 0.1) is 6.92 Å². The summed E-state index contributed by atoms with van der Waals surface area (Å²) < 4.78 is 1.31. The van der Waals surface area contributed by atoms with Crippen molar-refractivity contribution in [2.45, 2.75) is 6.92 Å². The largest absolute Gasteiger partial charge is 0.478 e. The van der Waals surface area contributed by atoms with Crippen LogP contribution in [0.2, 0.25) is 0 Å². The van der Waals surface area contributed by atoms with Crippen molar-refractivity contribution in [2.75, 3.05) is 16.4 Å². The molecule has 0 spiro atoms. The first kappa shape index (κ1) is 31.0. The monoisotopic (exact) mass is 610 g/mol. The number of nitrogens with zero attached hydrogens (tertiary/aromatic N) is 5. The summed E-state index contributed by atoms with van der Waals surface area (Å²) in [6, 6.07) is 18.8. The SMILES string of the molecule is Cc1c(-c2ccccc2)nn(-c2nc(Nc3cccc(C(=O)O)c3)nc(Nc3cc(C(=O)O)cc(C(=O)O)c3)n2)c1N.O=C=O. The number of carbonyl (C=O) groups is 3. The van der Waals surface area contributed by atoms with Crippen LogP contribution in [0.3, 0.4) is 0 Å². The van der Waals surface area contributed by atoms with E-state index in [0.717, 1.165) is 11.6 Å². The minimum absolute atomic E-state index is 0.0266. The fraction of sp³-hybridized carbons (Fsp3) is 0.0345. The summed E-state index contributed by atoms with van der Waals surface area (Å²) in [5, 5.41) is 38.6. The van der Waals surface area contributed by atoms with Crippen LogP contribution in [-0.2, 0) is 9.59 Å². The number of carboxylic acids is 3. The van der Waals surface area contributed by atoms with Gasteiger partial charge in [0.2, 0.25) is 11.9 Å². The normalized spacial score (nSPS) is 10.2. The van der Waals surface area contributed by atoms with E-state index in [-0.39, 0.29) is 52.2 Å². The lowest BCUT2D eigenvalue weighted by Gasteiger charge is -2.12. The molecule has 0 saturated heterocycles. The van der Waals surface area contributed by atoms with Gasteiger partial charge in [0.1, 0.15) is 5.82 Å². The molecule has 7 N–H and O–H groups in total. The zero-order valence-electron chi connectivity index (χ0n) is 23.1. The number of hydrogen-bond acceptors (Lipinski definition) is 12. The maximum atomic E-state index is 11.6. The molecule has 0 aliphatic rings. The highest BCUT2D eigenvalue weighted by Gasteiger charge is 2.19. The Morgan fingerprint density at radius 1 is 0.733 bits per heavy atom. The highest BCUT2D eigenvalue weighted by molar-refractivity contribution is 5.95. The number of nitrogens with two attached hydrogens (primary N) is 1. The number of nitrogens with one attached hydrogen (secondary N) is 2. The van der Waals surface area contributed by atoms with Crippen molar-refractivity contribution in [3.05, 3.63) is 95.1 Å². The van der Waals surface area contributed by atoms with Crippen molar-refractivity contribution in [2.24, 2.45) is 0 Å². The second-order valence-corrected chi connectivity index (χ2v) is 9.05. The van der Waals surface area contributed by atoms with Crippen LogP contribution in [0.5, 0.6) is 0 Å². The molecule has 5 aromatic rings. The molecule has 0 radical (unpaired) electrons. The van der Waals surface area contributed by atoms with Gasteiger partial charge in [-0.2, -0.15) is 34.3 Å². The zero-order chi connectivity index (χ0) is 32.7. The van der Waals surface area contributed by atoms with Crippen LogP contribution in [0.1, 0.15) is 36.6 Å². The standard InChI is InChI=1S/C28H22N8O6.CO2/c1-14-21(15-6-3-2-4-7-15)35-36(22(14)29)28-33-26(30-19-9-5-8-16(11-19)23(37)38)32-27(34-28)31-20-12-17(24(39)40)10-18(13-20)25(41)42;2-1-3/h2-13H,29H2,1H3,(H,37,38)(H,39,40)(H,41,42)(H2,30,31,32,33,34);. The molecular weight excluding hydrogens is 588 g/mol. The van der Waals surface area contributed by atoms with Crippen molar-refractivity contribution in [3.8, 4) is 17.2 Å². The number of anilines is 5. The Labute approximate surface area is 252 Å². The fourth-order valence-electron chi connectivity index (χ4n) is 4.04. The first-order valence-corrected chi connectivity index (χ1v) is 12.7. The summed E-state index contributed by atoms with van der Waals surface area (Å²) >= 11 is 0. The lowest BCUT2D eigenvalue weighted by Crippen LogP contribution is -2.12. The molecule has 0 aliphatic carbocycles. The van der Waals surface area contributed by atoms with Gasteiger partial charge in [0.25, 0.3) is 5.95 Å². The maximum absolute atomic E-state index is 11.6. The molecule has 3 aromatic carbocycles. The topological polar surface area (TPSA) is 253 Å². The van der Waals surface area contributed by atoms with E-state index in [1.807, 2.05) is 30.3 Å². The Bertz CT molecular complexity index is 1920. The van der Waals surface area contributed by atoms with Gasteiger partial charge in [-0.1, -0.05) is 36.4 Å². The molecule has 5 rings (SSSR count). The van der Waals surface area contributed by atoms with Crippen molar-refractivity contribution >= 4 is 53.1 Å². The van der Waals surface area contributed by atoms with Gasteiger partial charge >= 0.3 is 24.1 Å². The molecule has 0 fully saturated rings. The Morgan fingerprint density at radius 3 is 1.82 bits per heavy atom. The van der Waals surface area contributed by atoms with Gasteiger partial charge in [-0.05, 0) is 43.3 Å². The van der Waals surface area contributed by atoms with Gasteiger partial charge in [-0.25, -0.2) is 14.4 Å². The predicted octanol–water partition coefficient (Wildman–Crippen LogP) is 3.61. The number of carboxylic acid groups (broad SMARTS) is 3. The number of benzene rings is 3. The molecule has 0 saturated carbocycles. The quantitative estimate of drug-likeness (QED) is 0.139. The molecular formula is C29H22N8O8. The Kier molecular flexibility index (Phi) is 9.21. The highest BCUT2D eigenvalue weighted by Crippen LogP contribution is 2.29. The summed E-state index contributed by atoms with van der Waals surface area (Å²) in [6.45, 7) is 1.79. The minimum atomic E-state index is -1.33. The van der Waals surface area contributed by atoms with Crippen LogP contribution in [0.15, 0.2) is 72.8 Å². The summed E-state index contributed by atoms with van der Waals surface area (Å²) in [5.74, 6) is -3.71. The molecule has 16 nitrogen and oxygen atoms in total. The van der Waals surface area contributed by atoms with Crippen LogP contribution in [0.25, 0.3) is 17.2 Å². The lowest BCUT2D eigenvalue weighted by molar-refractivity contribution is -0.191. The van der Waals surface area contributed by atoms with E-state index >= 15 is 0 Å².